The zero-order valence-corrected chi connectivity index (χ0v) is 14.0. The van der Waals surface area contributed by atoms with Gasteiger partial charge < -0.3 is 5.32 Å². The summed E-state index contributed by atoms with van der Waals surface area (Å²) in [7, 11) is 0. The van der Waals surface area contributed by atoms with Crippen molar-refractivity contribution in [3.63, 3.8) is 0 Å². The summed E-state index contributed by atoms with van der Waals surface area (Å²) in [5, 5.41) is 3.20. The van der Waals surface area contributed by atoms with Gasteiger partial charge in [-0.25, -0.2) is 0 Å². The standard InChI is InChI=1S/C21H24N2O/c24-20-21(14-18-10-4-5-11-19(18)15-22-20)12-6-7-13-23(21)16-17-8-2-1-3-9-17/h1-5,8-11H,6-7,12-16H2,(H,22,24). The fourth-order valence-corrected chi connectivity index (χ4v) is 4.22. The Labute approximate surface area is 143 Å². The highest BCUT2D eigenvalue weighted by atomic mass is 16.2. The maximum absolute atomic E-state index is 13.1. The number of fused-ring (bicyclic) bond motifs is 1. The maximum Gasteiger partial charge on any atom is 0.241 e. The van der Waals surface area contributed by atoms with Crippen LogP contribution in [0.3, 0.4) is 0 Å². The lowest BCUT2D eigenvalue weighted by Crippen LogP contribution is -2.60. The second kappa shape index (κ2) is 6.40. The van der Waals surface area contributed by atoms with Gasteiger partial charge in [-0.05, 0) is 42.5 Å². The SMILES string of the molecule is O=C1NCc2ccccc2CC12CCCCN2Cc1ccccc1. The molecule has 124 valence electrons. The lowest BCUT2D eigenvalue weighted by atomic mass is 9.80. The molecule has 2 aromatic carbocycles. The van der Waals surface area contributed by atoms with Crippen molar-refractivity contribution in [3.05, 3.63) is 71.3 Å². The third-order valence-electron chi connectivity index (χ3n) is 5.55. The molecule has 2 aromatic rings. The van der Waals surface area contributed by atoms with E-state index in [9.17, 15) is 4.79 Å². The van der Waals surface area contributed by atoms with E-state index in [1.807, 2.05) is 6.07 Å². The van der Waals surface area contributed by atoms with Crippen molar-refractivity contribution < 1.29 is 4.79 Å². The van der Waals surface area contributed by atoms with Crippen molar-refractivity contribution in [2.24, 2.45) is 0 Å². The van der Waals surface area contributed by atoms with Gasteiger partial charge in [0.2, 0.25) is 5.91 Å². The molecule has 0 aromatic heterocycles. The quantitative estimate of drug-likeness (QED) is 0.921. The Balaban J connectivity index is 1.70. The molecule has 4 rings (SSSR count). The van der Waals surface area contributed by atoms with Gasteiger partial charge >= 0.3 is 0 Å². The third-order valence-corrected chi connectivity index (χ3v) is 5.55. The largest absolute Gasteiger partial charge is 0.350 e. The first-order valence-corrected chi connectivity index (χ1v) is 8.92. The summed E-state index contributed by atoms with van der Waals surface area (Å²) < 4.78 is 0. The van der Waals surface area contributed by atoms with Crippen LogP contribution in [0.2, 0.25) is 0 Å². The molecule has 3 nitrogen and oxygen atoms in total. The first-order valence-electron chi connectivity index (χ1n) is 8.92. The van der Waals surface area contributed by atoms with Crippen LogP contribution in [0, 0.1) is 0 Å². The lowest BCUT2D eigenvalue weighted by molar-refractivity contribution is -0.136. The molecule has 0 saturated carbocycles. The Hall–Kier alpha value is -2.13. The van der Waals surface area contributed by atoms with Crippen molar-refractivity contribution in [1.82, 2.24) is 10.2 Å². The number of benzene rings is 2. The minimum absolute atomic E-state index is 0.203. The second-order valence-electron chi connectivity index (χ2n) is 7.02. The van der Waals surface area contributed by atoms with Crippen LogP contribution in [-0.2, 0) is 24.3 Å². The molecule has 1 atom stereocenters. The summed E-state index contributed by atoms with van der Waals surface area (Å²) in [6.07, 6.45) is 4.06. The molecule has 1 fully saturated rings. The van der Waals surface area contributed by atoms with Crippen molar-refractivity contribution in [2.45, 2.75) is 44.3 Å². The average Bonchev–Trinajstić information content (AvgIpc) is 2.76. The lowest BCUT2D eigenvalue weighted by Gasteiger charge is -2.45. The molecule has 1 N–H and O–H groups in total. The minimum Gasteiger partial charge on any atom is -0.350 e. The molecule has 1 saturated heterocycles. The molecule has 2 aliphatic rings. The van der Waals surface area contributed by atoms with Gasteiger partial charge in [0, 0.05) is 19.5 Å². The molecule has 1 amide bonds. The zero-order chi connectivity index (χ0) is 16.4. The number of carbonyl (C=O) groups excluding carboxylic acids is 1. The number of hydrogen-bond donors (Lipinski definition) is 1. The maximum atomic E-state index is 13.1. The summed E-state index contributed by atoms with van der Waals surface area (Å²) in [4.78, 5) is 15.5. The topological polar surface area (TPSA) is 32.3 Å². The van der Waals surface area contributed by atoms with Gasteiger partial charge in [-0.3, -0.25) is 9.69 Å². The molecule has 0 bridgehead atoms. The molecule has 1 unspecified atom stereocenters. The molecule has 2 aliphatic heterocycles. The van der Waals surface area contributed by atoms with E-state index in [-0.39, 0.29) is 5.91 Å². The summed E-state index contributed by atoms with van der Waals surface area (Å²) in [5.74, 6) is 0.203. The van der Waals surface area contributed by atoms with Crippen LogP contribution in [-0.4, -0.2) is 22.9 Å². The van der Waals surface area contributed by atoms with E-state index in [0.717, 1.165) is 32.4 Å². The van der Waals surface area contributed by atoms with E-state index in [0.29, 0.717) is 6.54 Å². The number of amides is 1. The fourth-order valence-electron chi connectivity index (χ4n) is 4.22. The Morgan fingerprint density at radius 3 is 2.54 bits per heavy atom. The monoisotopic (exact) mass is 320 g/mol. The van der Waals surface area contributed by atoms with Crippen molar-refractivity contribution >= 4 is 5.91 Å². The predicted molar refractivity (Wildman–Crippen MR) is 95.4 cm³/mol. The number of likely N-dealkylation sites (tertiary alicyclic amines) is 1. The fraction of sp³-hybridized carbons (Fsp3) is 0.381. The Bertz CT molecular complexity index is 728. The second-order valence-corrected chi connectivity index (χ2v) is 7.02. The number of hydrogen-bond acceptors (Lipinski definition) is 2. The Morgan fingerprint density at radius 1 is 0.958 bits per heavy atom. The molecule has 0 aliphatic carbocycles. The van der Waals surface area contributed by atoms with Gasteiger partial charge in [0.25, 0.3) is 0 Å². The van der Waals surface area contributed by atoms with E-state index < -0.39 is 5.54 Å². The van der Waals surface area contributed by atoms with E-state index >= 15 is 0 Å². The van der Waals surface area contributed by atoms with Gasteiger partial charge in [0.1, 0.15) is 5.54 Å². The smallest absolute Gasteiger partial charge is 0.241 e. The van der Waals surface area contributed by atoms with Gasteiger partial charge in [0.05, 0.1) is 0 Å². The van der Waals surface area contributed by atoms with Gasteiger partial charge in [0.15, 0.2) is 0 Å². The normalized spacial score (nSPS) is 24.2. The van der Waals surface area contributed by atoms with Gasteiger partial charge in [-0.2, -0.15) is 0 Å². The number of piperidine rings is 1. The van der Waals surface area contributed by atoms with Gasteiger partial charge in [-0.1, -0.05) is 54.6 Å². The number of nitrogens with zero attached hydrogens (tertiary/aromatic N) is 1. The van der Waals surface area contributed by atoms with E-state index in [4.69, 9.17) is 0 Å². The summed E-state index contributed by atoms with van der Waals surface area (Å²) in [5.41, 5.74) is 3.45. The first kappa shape index (κ1) is 15.4. The van der Waals surface area contributed by atoms with Crippen LogP contribution in [0.15, 0.2) is 54.6 Å². The summed E-state index contributed by atoms with van der Waals surface area (Å²) in [6.45, 7) is 2.48. The van der Waals surface area contributed by atoms with E-state index in [1.54, 1.807) is 0 Å². The summed E-state index contributed by atoms with van der Waals surface area (Å²) in [6, 6.07) is 19.0. The van der Waals surface area contributed by atoms with Gasteiger partial charge in [-0.15, -0.1) is 0 Å². The highest BCUT2D eigenvalue weighted by molar-refractivity contribution is 5.87. The molecular weight excluding hydrogens is 296 g/mol. The molecule has 24 heavy (non-hydrogen) atoms. The number of rotatable bonds is 2. The van der Waals surface area contributed by atoms with Crippen LogP contribution < -0.4 is 5.32 Å². The van der Waals surface area contributed by atoms with Crippen LogP contribution in [0.4, 0.5) is 0 Å². The molecule has 3 heteroatoms. The summed E-state index contributed by atoms with van der Waals surface area (Å²) >= 11 is 0. The van der Waals surface area contributed by atoms with Crippen molar-refractivity contribution in [1.29, 1.82) is 0 Å². The molecule has 1 spiro atoms. The highest BCUT2D eigenvalue weighted by Gasteiger charge is 2.46. The average molecular weight is 320 g/mol. The molecule has 2 heterocycles. The molecule has 0 radical (unpaired) electrons. The van der Waals surface area contributed by atoms with Crippen molar-refractivity contribution in [2.75, 3.05) is 6.54 Å². The Morgan fingerprint density at radius 2 is 1.71 bits per heavy atom. The third kappa shape index (κ3) is 2.73. The Kier molecular flexibility index (Phi) is 4.11. The molecular formula is C21H24N2O. The van der Waals surface area contributed by atoms with Crippen LogP contribution in [0.1, 0.15) is 36.0 Å². The number of carbonyl (C=O) groups is 1. The van der Waals surface area contributed by atoms with E-state index in [2.05, 4.69) is 58.7 Å². The van der Waals surface area contributed by atoms with Crippen LogP contribution in [0.25, 0.3) is 0 Å². The zero-order valence-electron chi connectivity index (χ0n) is 14.0. The van der Waals surface area contributed by atoms with Crippen molar-refractivity contribution in [3.8, 4) is 0 Å². The number of nitrogens with one attached hydrogen (secondary N) is 1. The van der Waals surface area contributed by atoms with Crippen LogP contribution >= 0.6 is 0 Å². The predicted octanol–water partition coefficient (Wildman–Crippen LogP) is 3.28. The minimum atomic E-state index is -0.402. The highest BCUT2D eigenvalue weighted by Crippen LogP contribution is 2.35. The first-order chi connectivity index (χ1) is 11.8. The van der Waals surface area contributed by atoms with E-state index in [1.165, 1.54) is 23.1 Å². The van der Waals surface area contributed by atoms with Crippen LogP contribution in [0.5, 0.6) is 0 Å².